The first-order valence-corrected chi connectivity index (χ1v) is 5.85. The lowest BCUT2D eigenvalue weighted by Gasteiger charge is -2.08. The zero-order valence-corrected chi connectivity index (χ0v) is 9.78. The van der Waals surface area contributed by atoms with Crippen molar-refractivity contribution in [3.63, 3.8) is 0 Å². The minimum Gasteiger partial charge on any atom is -0.491 e. The van der Waals surface area contributed by atoms with Gasteiger partial charge in [-0.05, 0) is 18.2 Å². The maximum atomic E-state index is 11.7. The molecule has 92 valence electrons. The summed E-state index contributed by atoms with van der Waals surface area (Å²) in [5, 5.41) is 0. The van der Waals surface area contributed by atoms with Gasteiger partial charge in [0.1, 0.15) is 18.5 Å². The van der Waals surface area contributed by atoms with Gasteiger partial charge in [-0.15, -0.1) is 0 Å². The van der Waals surface area contributed by atoms with Crippen molar-refractivity contribution < 1.29 is 9.47 Å². The van der Waals surface area contributed by atoms with Crippen molar-refractivity contribution in [3.05, 3.63) is 59.0 Å². The molecule has 0 bridgehead atoms. The van der Waals surface area contributed by atoms with Gasteiger partial charge in [0.05, 0.1) is 12.3 Å². The fourth-order valence-corrected chi connectivity index (χ4v) is 1.72. The largest absolute Gasteiger partial charge is 0.491 e. The Morgan fingerprint density at radius 2 is 2.17 bits per heavy atom. The van der Waals surface area contributed by atoms with Gasteiger partial charge >= 0.3 is 0 Å². The number of rotatable bonds is 4. The topological polar surface area (TPSA) is 43.8 Å². The van der Waals surface area contributed by atoms with E-state index < -0.39 is 0 Å². The van der Waals surface area contributed by atoms with E-state index in [9.17, 15) is 4.79 Å². The highest BCUT2D eigenvalue weighted by atomic mass is 16.6. The maximum absolute atomic E-state index is 11.7. The van der Waals surface area contributed by atoms with Gasteiger partial charge in [0.15, 0.2) is 0 Å². The van der Waals surface area contributed by atoms with Crippen LogP contribution in [-0.2, 0) is 4.74 Å². The van der Waals surface area contributed by atoms with E-state index in [4.69, 9.17) is 9.47 Å². The monoisotopic (exact) mass is 243 g/mol. The van der Waals surface area contributed by atoms with Crippen LogP contribution in [0.25, 0.3) is 5.69 Å². The molecule has 1 atom stereocenters. The van der Waals surface area contributed by atoms with Crippen LogP contribution in [0.1, 0.15) is 0 Å². The molecule has 0 saturated carbocycles. The Labute approximate surface area is 104 Å². The van der Waals surface area contributed by atoms with Gasteiger partial charge in [-0.2, -0.15) is 0 Å². The first-order chi connectivity index (χ1) is 8.83. The molecule has 1 aliphatic rings. The second-order valence-corrected chi connectivity index (χ2v) is 4.17. The molecule has 1 aliphatic heterocycles. The zero-order valence-electron chi connectivity index (χ0n) is 9.78. The normalized spacial score (nSPS) is 17.4. The second kappa shape index (κ2) is 4.66. The van der Waals surface area contributed by atoms with Gasteiger partial charge < -0.3 is 9.47 Å². The van der Waals surface area contributed by atoms with E-state index in [1.807, 2.05) is 30.3 Å². The number of hydrogen-bond acceptors (Lipinski definition) is 3. The molecule has 0 aliphatic carbocycles. The number of hydrogen-bond donors (Lipinski definition) is 0. The molecule has 1 fully saturated rings. The first kappa shape index (κ1) is 11.0. The molecule has 0 N–H and O–H groups in total. The van der Waals surface area contributed by atoms with Crippen LogP contribution >= 0.6 is 0 Å². The lowest BCUT2D eigenvalue weighted by Crippen LogP contribution is -2.15. The SMILES string of the molecule is O=c1ccccn1-c1cccc(OCC2CO2)c1. The summed E-state index contributed by atoms with van der Waals surface area (Å²) in [5.41, 5.74) is 0.745. The Kier molecular flexibility index (Phi) is 2.86. The number of ether oxygens (including phenoxy) is 2. The molecule has 4 nitrogen and oxygen atoms in total. The van der Waals surface area contributed by atoms with Crippen molar-refractivity contribution in [2.24, 2.45) is 0 Å². The van der Waals surface area contributed by atoms with Crippen LogP contribution in [0.3, 0.4) is 0 Å². The molecule has 0 spiro atoms. The van der Waals surface area contributed by atoms with Crippen LogP contribution < -0.4 is 10.3 Å². The molecular formula is C14H13NO3. The highest BCUT2D eigenvalue weighted by Gasteiger charge is 2.23. The number of nitrogens with zero attached hydrogens (tertiary/aromatic N) is 1. The molecule has 1 unspecified atom stereocenters. The summed E-state index contributed by atoms with van der Waals surface area (Å²) < 4.78 is 12.3. The second-order valence-electron chi connectivity index (χ2n) is 4.17. The maximum Gasteiger partial charge on any atom is 0.255 e. The smallest absolute Gasteiger partial charge is 0.255 e. The third-order valence-electron chi connectivity index (χ3n) is 2.76. The Balaban J connectivity index is 1.85. The van der Waals surface area contributed by atoms with E-state index >= 15 is 0 Å². The molecule has 2 heterocycles. The van der Waals surface area contributed by atoms with E-state index in [0.717, 1.165) is 18.0 Å². The standard InChI is InChI=1S/C14H13NO3/c16-14-6-1-2-7-15(14)11-4-3-5-12(8-11)17-9-13-10-18-13/h1-8,13H,9-10H2. The van der Waals surface area contributed by atoms with Crippen molar-refractivity contribution in [2.75, 3.05) is 13.2 Å². The van der Waals surface area contributed by atoms with Gasteiger partial charge in [0.25, 0.3) is 5.56 Å². The molecule has 18 heavy (non-hydrogen) atoms. The lowest BCUT2D eigenvalue weighted by atomic mass is 10.3. The molecule has 1 aromatic carbocycles. The molecule has 1 saturated heterocycles. The Bertz CT molecular complexity index is 602. The van der Waals surface area contributed by atoms with Crippen LogP contribution in [0.15, 0.2) is 53.5 Å². The molecule has 2 aromatic rings. The number of benzene rings is 1. The third-order valence-corrected chi connectivity index (χ3v) is 2.76. The quantitative estimate of drug-likeness (QED) is 0.766. The van der Waals surface area contributed by atoms with Crippen LogP contribution in [-0.4, -0.2) is 23.9 Å². The van der Waals surface area contributed by atoms with Gasteiger partial charge in [0, 0.05) is 18.3 Å². The summed E-state index contributed by atoms with van der Waals surface area (Å²) in [6.07, 6.45) is 1.97. The van der Waals surface area contributed by atoms with Gasteiger partial charge in [-0.3, -0.25) is 9.36 Å². The summed E-state index contributed by atoms with van der Waals surface area (Å²) in [6.45, 7) is 1.34. The van der Waals surface area contributed by atoms with Crippen LogP contribution in [0.2, 0.25) is 0 Å². The van der Waals surface area contributed by atoms with E-state index in [2.05, 4.69) is 0 Å². The molecule has 4 heteroatoms. The summed E-state index contributed by atoms with van der Waals surface area (Å²) in [7, 11) is 0. The van der Waals surface area contributed by atoms with Crippen molar-refractivity contribution in [2.45, 2.75) is 6.10 Å². The highest BCUT2D eigenvalue weighted by Crippen LogP contribution is 2.18. The number of epoxide rings is 1. The van der Waals surface area contributed by atoms with Gasteiger partial charge in [-0.1, -0.05) is 12.1 Å². The van der Waals surface area contributed by atoms with Gasteiger partial charge in [-0.25, -0.2) is 0 Å². The summed E-state index contributed by atoms with van der Waals surface area (Å²) in [5.74, 6) is 0.749. The Morgan fingerprint density at radius 1 is 1.28 bits per heavy atom. The predicted octanol–water partition coefficient (Wildman–Crippen LogP) is 1.62. The molecule has 1 aromatic heterocycles. The predicted molar refractivity (Wildman–Crippen MR) is 67.3 cm³/mol. The van der Waals surface area contributed by atoms with E-state index in [0.29, 0.717) is 6.61 Å². The first-order valence-electron chi connectivity index (χ1n) is 5.85. The van der Waals surface area contributed by atoms with Crippen LogP contribution in [0.4, 0.5) is 0 Å². The van der Waals surface area contributed by atoms with E-state index in [1.54, 1.807) is 16.8 Å². The molecular weight excluding hydrogens is 230 g/mol. The Morgan fingerprint density at radius 3 is 2.94 bits per heavy atom. The molecule has 0 amide bonds. The fourth-order valence-electron chi connectivity index (χ4n) is 1.72. The fraction of sp³-hybridized carbons (Fsp3) is 0.214. The minimum atomic E-state index is -0.0554. The molecule has 0 radical (unpaired) electrons. The highest BCUT2D eigenvalue weighted by molar-refractivity contribution is 5.39. The average molecular weight is 243 g/mol. The van der Waals surface area contributed by atoms with Crippen LogP contribution in [0.5, 0.6) is 5.75 Å². The summed E-state index contributed by atoms with van der Waals surface area (Å²) >= 11 is 0. The van der Waals surface area contributed by atoms with Gasteiger partial charge in [0.2, 0.25) is 0 Å². The third kappa shape index (κ3) is 2.43. The zero-order chi connectivity index (χ0) is 12.4. The van der Waals surface area contributed by atoms with Crippen molar-refractivity contribution in [1.82, 2.24) is 4.57 Å². The van der Waals surface area contributed by atoms with Crippen molar-refractivity contribution >= 4 is 0 Å². The van der Waals surface area contributed by atoms with E-state index in [-0.39, 0.29) is 11.7 Å². The van der Waals surface area contributed by atoms with Crippen LogP contribution in [0, 0.1) is 0 Å². The average Bonchev–Trinajstić information content (AvgIpc) is 3.21. The summed E-state index contributed by atoms with van der Waals surface area (Å²) in [4.78, 5) is 11.7. The lowest BCUT2D eigenvalue weighted by molar-refractivity contribution is 0.263. The van der Waals surface area contributed by atoms with Crippen molar-refractivity contribution in [3.8, 4) is 11.4 Å². The Hall–Kier alpha value is -2.07. The minimum absolute atomic E-state index is 0.0554. The number of aromatic nitrogens is 1. The number of pyridine rings is 1. The van der Waals surface area contributed by atoms with Crippen molar-refractivity contribution in [1.29, 1.82) is 0 Å². The molecule has 3 rings (SSSR count). The van der Waals surface area contributed by atoms with E-state index in [1.165, 1.54) is 6.07 Å². The summed E-state index contributed by atoms with van der Waals surface area (Å²) in [6, 6.07) is 12.6.